The molecule has 0 radical (unpaired) electrons. The van der Waals surface area contributed by atoms with E-state index in [0.717, 1.165) is 48.3 Å². The molecule has 0 aliphatic heterocycles. The molecular formula is C26H40O. The highest BCUT2D eigenvalue weighted by atomic mass is 16.3. The molecule has 1 saturated carbocycles. The lowest BCUT2D eigenvalue weighted by atomic mass is 9.57. The van der Waals surface area contributed by atoms with Crippen LogP contribution in [-0.4, -0.2) is 11.2 Å². The van der Waals surface area contributed by atoms with E-state index in [1.165, 1.54) is 70.6 Å². The summed E-state index contributed by atoms with van der Waals surface area (Å²) in [5, 5.41) is 10.1. The van der Waals surface area contributed by atoms with Crippen LogP contribution in [0.3, 0.4) is 0 Å². The predicted octanol–water partition coefficient (Wildman–Crippen LogP) is 6.84. The largest absolute Gasteiger partial charge is 0.393 e. The zero-order valence-electron chi connectivity index (χ0n) is 17.1. The van der Waals surface area contributed by atoms with E-state index in [1.807, 2.05) is 0 Å². The number of allylic oxidation sites excluding steroid dienone is 6. The Morgan fingerprint density at radius 2 is 0.889 bits per heavy atom. The van der Waals surface area contributed by atoms with Crippen molar-refractivity contribution in [1.29, 1.82) is 0 Å². The number of hydrogen-bond donors (Lipinski definition) is 1. The van der Waals surface area contributed by atoms with Crippen LogP contribution < -0.4 is 0 Å². The summed E-state index contributed by atoms with van der Waals surface area (Å²) in [5.74, 6) is 5.32. The summed E-state index contributed by atoms with van der Waals surface area (Å²) in [4.78, 5) is 0. The van der Waals surface area contributed by atoms with Gasteiger partial charge in [0, 0.05) is 0 Å². The summed E-state index contributed by atoms with van der Waals surface area (Å²) in [5.41, 5.74) is 0. The molecule has 0 bridgehead atoms. The van der Waals surface area contributed by atoms with Crippen molar-refractivity contribution in [2.24, 2.45) is 35.5 Å². The second-order valence-corrected chi connectivity index (χ2v) is 9.86. The van der Waals surface area contributed by atoms with Crippen LogP contribution in [0, 0.1) is 35.5 Å². The molecule has 4 atom stereocenters. The van der Waals surface area contributed by atoms with E-state index < -0.39 is 0 Å². The van der Waals surface area contributed by atoms with Crippen molar-refractivity contribution in [3.63, 3.8) is 0 Å². The summed E-state index contributed by atoms with van der Waals surface area (Å²) < 4.78 is 0. The molecule has 4 aliphatic carbocycles. The fourth-order valence-electron chi connectivity index (χ4n) is 7.01. The van der Waals surface area contributed by atoms with Gasteiger partial charge in [-0.05, 0) is 119 Å². The second kappa shape index (κ2) is 9.59. The van der Waals surface area contributed by atoms with Crippen LogP contribution in [0.1, 0.15) is 83.5 Å². The maximum Gasteiger partial charge on any atom is 0.0540 e. The summed E-state index contributed by atoms with van der Waals surface area (Å²) in [6, 6.07) is 0. The highest BCUT2D eigenvalue weighted by Crippen LogP contribution is 2.51. The Hall–Kier alpha value is -0.820. The molecule has 0 aromatic rings. The summed E-state index contributed by atoms with van der Waals surface area (Å²) in [6.45, 7) is 0. The van der Waals surface area contributed by atoms with Gasteiger partial charge in [-0.1, -0.05) is 36.5 Å². The highest BCUT2D eigenvalue weighted by molar-refractivity contribution is 5.03. The SMILES string of the molecule is OC1CCC(C(C2CC=CCC2)C(C2CC=CCC2)C2CC=CCC2)CC1. The summed E-state index contributed by atoms with van der Waals surface area (Å²) in [7, 11) is 0. The van der Waals surface area contributed by atoms with Crippen molar-refractivity contribution >= 4 is 0 Å². The van der Waals surface area contributed by atoms with Gasteiger partial charge in [0.05, 0.1) is 6.10 Å². The van der Waals surface area contributed by atoms with Crippen LogP contribution in [0.5, 0.6) is 0 Å². The quantitative estimate of drug-likeness (QED) is 0.527. The molecule has 4 rings (SSSR count). The fraction of sp³-hybridized carbons (Fsp3) is 0.769. The number of aliphatic hydroxyl groups is 1. The van der Waals surface area contributed by atoms with E-state index in [2.05, 4.69) is 36.5 Å². The molecule has 0 aromatic heterocycles. The monoisotopic (exact) mass is 368 g/mol. The van der Waals surface area contributed by atoms with Gasteiger partial charge >= 0.3 is 0 Å². The van der Waals surface area contributed by atoms with Crippen molar-refractivity contribution in [2.75, 3.05) is 0 Å². The molecule has 4 unspecified atom stereocenters. The van der Waals surface area contributed by atoms with Gasteiger partial charge in [0.1, 0.15) is 0 Å². The van der Waals surface area contributed by atoms with Gasteiger partial charge in [-0.2, -0.15) is 0 Å². The second-order valence-electron chi connectivity index (χ2n) is 9.86. The number of rotatable bonds is 5. The molecule has 0 amide bonds. The van der Waals surface area contributed by atoms with Gasteiger partial charge in [-0.3, -0.25) is 0 Å². The van der Waals surface area contributed by atoms with Crippen LogP contribution in [0.25, 0.3) is 0 Å². The third-order valence-electron chi connectivity index (χ3n) is 8.29. The van der Waals surface area contributed by atoms with E-state index in [9.17, 15) is 5.11 Å². The van der Waals surface area contributed by atoms with E-state index in [0.29, 0.717) is 0 Å². The van der Waals surface area contributed by atoms with Gasteiger partial charge in [0.15, 0.2) is 0 Å². The van der Waals surface area contributed by atoms with Gasteiger partial charge in [0.25, 0.3) is 0 Å². The van der Waals surface area contributed by atoms with E-state index in [4.69, 9.17) is 0 Å². The van der Waals surface area contributed by atoms with Crippen molar-refractivity contribution in [3.05, 3.63) is 36.5 Å². The molecule has 0 heterocycles. The van der Waals surface area contributed by atoms with E-state index in [-0.39, 0.29) is 6.10 Å². The minimum Gasteiger partial charge on any atom is -0.393 e. The normalized spacial score (nSPS) is 39.2. The molecule has 1 heteroatoms. The lowest BCUT2D eigenvalue weighted by Gasteiger charge is -2.48. The first kappa shape index (κ1) is 19.5. The Balaban J connectivity index is 1.62. The maximum atomic E-state index is 10.1. The first-order valence-electron chi connectivity index (χ1n) is 12.0. The van der Waals surface area contributed by atoms with Crippen molar-refractivity contribution in [3.8, 4) is 0 Å². The van der Waals surface area contributed by atoms with Crippen molar-refractivity contribution < 1.29 is 5.11 Å². The van der Waals surface area contributed by atoms with E-state index in [1.54, 1.807) is 0 Å². The van der Waals surface area contributed by atoms with Gasteiger partial charge in [-0.15, -0.1) is 0 Å². The molecule has 1 nitrogen and oxygen atoms in total. The third kappa shape index (κ3) is 4.78. The van der Waals surface area contributed by atoms with Gasteiger partial charge in [0.2, 0.25) is 0 Å². The molecular weight excluding hydrogens is 328 g/mol. The Bertz CT molecular complexity index is 512. The Morgan fingerprint density at radius 3 is 1.26 bits per heavy atom. The minimum atomic E-state index is -0.0261. The maximum absolute atomic E-state index is 10.1. The molecule has 1 fully saturated rings. The smallest absolute Gasteiger partial charge is 0.0540 e. The molecule has 0 aromatic carbocycles. The van der Waals surface area contributed by atoms with Crippen LogP contribution in [0.15, 0.2) is 36.5 Å². The van der Waals surface area contributed by atoms with Crippen molar-refractivity contribution in [2.45, 2.75) is 89.6 Å². The molecule has 27 heavy (non-hydrogen) atoms. The van der Waals surface area contributed by atoms with Crippen LogP contribution in [-0.2, 0) is 0 Å². The minimum absolute atomic E-state index is 0.0261. The average molecular weight is 369 g/mol. The molecule has 1 N–H and O–H groups in total. The Labute approximate surface area is 167 Å². The van der Waals surface area contributed by atoms with Crippen LogP contribution >= 0.6 is 0 Å². The topological polar surface area (TPSA) is 20.2 Å². The summed E-state index contributed by atoms with van der Waals surface area (Å²) >= 11 is 0. The Kier molecular flexibility index (Phi) is 6.92. The molecule has 0 saturated heterocycles. The third-order valence-corrected chi connectivity index (χ3v) is 8.29. The number of aliphatic hydroxyl groups excluding tert-OH is 1. The molecule has 150 valence electrons. The highest BCUT2D eigenvalue weighted by Gasteiger charge is 2.43. The fourth-order valence-corrected chi connectivity index (χ4v) is 7.01. The zero-order valence-corrected chi connectivity index (χ0v) is 17.1. The lowest BCUT2D eigenvalue weighted by molar-refractivity contribution is 0.00426. The van der Waals surface area contributed by atoms with E-state index >= 15 is 0 Å². The van der Waals surface area contributed by atoms with Gasteiger partial charge < -0.3 is 5.11 Å². The Morgan fingerprint density at radius 1 is 0.481 bits per heavy atom. The standard InChI is InChI=1S/C26H40O/c27-24-18-16-23(17-19-24)26(22-14-8-3-9-15-22)25(20-10-4-1-5-11-20)21-12-6-2-7-13-21/h1-4,6,8,20-27H,5,7,9-19H2. The molecule has 4 aliphatic rings. The first-order valence-corrected chi connectivity index (χ1v) is 12.0. The van der Waals surface area contributed by atoms with Gasteiger partial charge in [-0.25, -0.2) is 0 Å². The number of hydrogen-bond acceptors (Lipinski definition) is 1. The lowest BCUT2D eigenvalue weighted by Crippen LogP contribution is -2.41. The van der Waals surface area contributed by atoms with Crippen LogP contribution in [0.4, 0.5) is 0 Å². The van der Waals surface area contributed by atoms with Crippen molar-refractivity contribution in [1.82, 2.24) is 0 Å². The first-order chi connectivity index (χ1) is 13.3. The summed E-state index contributed by atoms with van der Waals surface area (Å²) in [6.07, 6.45) is 31.4. The molecule has 0 spiro atoms. The van der Waals surface area contributed by atoms with Crippen LogP contribution in [0.2, 0.25) is 0 Å². The predicted molar refractivity (Wildman–Crippen MR) is 114 cm³/mol. The average Bonchev–Trinajstić information content (AvgIpc) is 2.75. The zero-order chi connectivity index (χ0) is 18.5.